The number of aliphatic carboxylic acids is 1. The maximum absolute atomic E-state index is 10.8. The Morgan fingerprint density at radius 3 is 2.73 bits per heavy atom. The van der Waals surface area contributed by atoms with E-state index in [0.29, 0.717) is 17.3 Å². The quantitative estimate of drug-likeness (QED) is 0.754. The molecule has 1 aromatic rings. The Bertz CT molecular complexity index is 350. The van der Waals surface area contributed by atoms with E-state index in [1.807, 2.05) is 0 Å². The van der Waals surface area contributed by atoms with Crippen LogP contribution in [0.25, 0.3) is 0 Å². The number of carboxylic acid groups (broad SMARTS) is 1. The second kappa shape index (κ2) is 4.61. The summed E-state index contributed by atoms with van der Waals surface area (Å²) in [5.74, 6) is -0.0905. The van der Waals surface area contributed by atoms with Crippen molar-refractivity contribution < 1.29 is 9.90 Å². The summed E-state index contributed by atoms with van der Waals surface area (Å²) in [6, 6.07) is 0. The first-order valence-electron chi connectivity index (χ1n) is 4.52. The monoisotopic (exact) mass is 230 g/mol. The van der Waals surface area contributed by atoms with Crippen LogP contribution in [0, 0.1) is 5.41 Å². The van der Waals surface area contributed by atoms with E-state index in [9.17, 15) is 4.79 Å². The van der Waals surface area contributed by atoms with Crippen molar-refractivity contribution >= 4 is 17.7 Å². The van der Waals surface area contributed by atoms with Gasteiger partial charge in [-0.2, -0.15) is 0 Å². The SMILES string of the molecule is Cn1nnnc1SCCC(C)(C)C(=O)O. The lowest BCUT2D eigenvalue weighted by Crippen LogP contribution is -2.24. The summed E-state index contributed by atoms with van der Waals surface area (Å²) >= 11 is 1.46. The van der Waals surface area contributed by atoms with Gasteiger partial charge in [-0.25, -0.2) is 4.68 Å². The van der Waals surface area contributed by atoms with Crippen molar-refractivity contribution in [2.24, 2.45) is 12.5 Å². The van der Waals surface area contributed by atoms with E-state index < -0.39 is 11.4 Å². The molecule has 0 atom stereocenters. The van der Waals surface area contributed by atoms with E-state index in [1.54, 1.807) is 25.6 Å². The Hall–Kier alpha value is -1.11. The molecule has 1 aromatic heterocycles. The summed E-state index contributed by atoms with van der Waals surface area (Å²) in [5, 5.41) is 20.6. The standard InChI is InChI=1S/C8H14N4O2S/c1-8(2,6(13)14)4-5-15-7-9-10-11-12(7)3/h4-5H2,1-3H3,(H,13,14). The first-order chi connectivity index (χ1) is 6.93. The number of thioether (sulfide) groups is 1. The summed E-state index contributed by atoms with van der Waals surface area (Å²) in [5.41, 5.74) is -0.695. The molecule has 84 valence electrons. The molecule has 0 unspecified atom stereocenters. The first kappa shape index (κ1) is 12.0. The molecular weight excluding hydrogens is 216 g/mol. The Morgan fingerprint density at radius 2 is 2.27 bits per heavy atom. The van der Waals surface area contributed by atoms with Gasteiger partial charge in [-0.15, -0.1) is 5.10 Å². The number of rotatable bonds is 5. The average Bonchev–Trinajstić information content (AvgIpc) is 2.51. The predicted molar refractivity (Wildman–Crippen MR) is 55.6 cm³/mol. The van der Waals surface area contributed by atoms with E-state index in [1.165, 1.54) is 11.8 Å². The third-order valence-corrected chi connectivity index (χ3v) is 3.13. The van der Waals surface area contributed by atoms with E-state index in [0.717, 1.165) is 0 Å². The van der Waals surface area contributed by atoms with Crippen LogP contribution in [0.4, 0.5) is 0 Å². The van der Waals surface area contributed by atoms with Crippen LogP contribution < -0.4 is 0 Å². The Morgan fingerprint density at radius 1 is 1.60 bits per heavy atom. The zero-order chi connectivity index (χ0) is 11.5. The zero-order valence-electron chi connectivity index (χ0n) is 8.97. The van der Waals surface area contributed by atoms with Crippen molar-refractivity contribution in [3.05, 3.63) is 0 Å². The fourth-order valence-corrected chi connectivity index (χ4v) is 1.96. The fraction of sp³-hybridized carbons (Fsp3) is 0.750. The molecule has 0 radical (unpaired) electrons. The number of tetrazole rings is 1. The number of nitrogens with zero attached hydrogens (tertiary/aromatic N) is 4. The summed E-state index contributed by atoms with van der Waals surface area (Å²) in [6.07, 6.45) is 0.583. The molecule has 0 aliphatic rings. The molecule has 1 N–H and O–H groups in total. The highest BCUT2D eigenvalue weighted by Crippen LogP contribution is 2.25. The van der Waals surface area contributed by atoms with E-state index in [2.05, 4.69) is 15.5 Å². The zero-order valence-corrected chi connectivity index (χ0v) is 9.78. The maximum atomic E-state index is 10.8. The van der Waals surface area contributed by atoms with Crippen LogP contribution in [-0.2, 0) is 11.8 Å². The number of aromatic nitrogens is 4. The van der Waals surface area contributed by atoms with Crippen molar-refractivity contribution in [3.63, 3.8) is 0 Å². The van der Waals surface area contributed by atoms with Crippen LogP contribution >= 0.6 is 11.8 Å². The number of hydrogen-bond acceptors (Lipinski definition) is 5. The van der Waals surface area contributed by atoms with Gasteiger partial charge < -0.3 is 5.11 Å². The van der Waals surface area contributed by atoms with Crippen molar-refractivity contribution in [2.75, 3.05) is 5.75 Å². The minimum atomic E-state index is -0.779. The second-order valence-corrected chi connectivity index (χ2v) is 4.93. The van der Waals surface area contributed by atoms with Gasteiger partial charge in [0.25, 0.3) is 0 Å². The summed E-state index contributed by atoms with van der Waals surface area (Å²) in [7, 11) is 1.75. The van der Waals surface area contributed by atoms with Crippen molar-refractivity contribution in [3.8, 4) is 0 Å². The second-order valence-electron chi connectivity index (χ2n) is 3.87. The third kappa shape index (κ3) is 3.19. The molecule has 0 saturated carbocycles. The molecule has 0 saturated heterocycles. The van der Waals surface area contributed by atoms with Gasteiger partial charge in [0, 0.05) is 12.8 Å². The van der Waals surface area contributed by atoms with Crippen molar-refractivity contribution in [1.29, 1.82) is 0 Å². The molecule has 6 nitrogen and oxygen atoms in total. The summed E-state index contributed by atoms with van der Waals surface area (Å²) in [6.45, 7) is 3.43. The van der Waals surface area contributed by atoms with Crippen LogP contribution in [0.3, 0.4) is 0 Å². The molecule has 7 heteroatoms. The van der Waals surface area contributed by atoms with Crippen LogP contribution in [0.15, 0.2) is 5.16 Å². The summed E-state index contributed by atoms with van der Waals surface area (Å²) in [4.78, 5) is 10.8. The molecule has 0 bridgehead atoms. The van der Waals surface area contributed by atoms with Crippen LogP contribution in [-0.4, -0.2) is 37.0 Å². The molecule has 0 aliphatic heterocycles. The van der Waals surface area contributed by atoms with Gasteiger partial charge in [0.2, 0.25) is 5.16 Å². The highest BCUT2D eigenvalue weighted by atomic mass is 32.2. The van der Waals surface area contributed by atoms with Crippen LogP contribution in [0.5, 0.6) is 0 Å². The molecule has 0 fully saturated rings. The number of carbonyl (C=O) groups is 1. The van der Waals surface area contributed by atoms with Gasteiger partial charge >= 0.3 is 5.97 Å². The molecule has 0 aliphatic carbocycles. The Balaban J connectivity index is 2.40. The Kier molecular flexibility index (Phi) is 3.67. The van der Waals surface area contributed by atoms with Gasteiger partial charge in [-0.05, 0) is 30.7 Å². The van der Waals surface area contributed by atoms with Gasteiger partial charge in [0.15, 0.2) is 0 Å². The van der Waals surface area contributed by atoms with Gasteiger partial charge in [-0.3, -0.25) is 4.79 Å². The van der Waals surface area contributed by atoms with Crippen molar-refractivity contribution in [2.45, 2.75) is 25.4 Å². The molecule has 0 spiro atoms. The number of aryl methyl sites for hydroxylation is 1. The lowest BCUT2D eigenvalue weighted by Gasteiger charge is -2.17. The lowest BCUT2D eigenvalue weighted by molar-refractivity contribution is -0.146. The van der Waals surface area contributed by atoms with E-state index in [-0.39, 0.29) is 0 Å². The average molecular weight is 230 g/mol. The maximum Gasteiger partial charge on any atom is 0.309 e. The summed E-state index contributed by atoms with van der Waals surface area (Å²) < 4.78 is 1.57. The predicted octanol–water partition coefficient (Wildman–Crippen LogP) is 0.803. The lowest BCUT2D eigenvalue weighted by atomic mass is 9.91. The van der Waals surface area contributed by atoms with Gasteiger partial charge in [0.1, 0.15) is 0 Å². The number of hydrogen-bond donors (Lipinski definition) is 1. The molecule has 15 heavy (non-hydrogen) atoms. The normalized spacial score (nSPS) is 11.7. The number of carboxylic acids is 1. The topological polar surface area (TPSA) is 80.9 Å². The Labute approximate surface area is 92.0 Å². The van der Waals surface area contributed by atoms with Gasteiger partial charge in [0.05, 0.1) is 5.41 Å². The highest BCUT2D eigenvalue weighted by molar-refractivity contribution is 7.99. The van der Waals surface area contributed by atoms with Crippen LogP contribution in [0.2, 0.25) is 0 Å². The third-order valence-electron chi connectivity index (χ3n) is 2.12. The van der Waals surface area contributed by atoms with Crippen molar-refractivity contribution in [1.82, 2.24) is 20.2 Å². The van der Waals surface area contributed by atoms with Gasteiger partial charge in [-0.1, -0.05) is 11.8 Å². The largest absolute Gasteiger partial charge is 0.481 e. The molecular formula is C8H14N4O2S. The first-order valence-corrected chi connectivity index (χ1v) is 5.50. The smallest absolute Gasteiger partial charge is 0.309 e. The molecule has 0 aromatic carbocycles. The molecule has 1 heterocycles. The van der Waals surface area contributed by atoms with E-state index >= 15 is 0 Å². The molecule has 0 amide bonds. The minimum Gasteiger partial charge on any atom is -0.481 e. The fourth-order valence-electron chi connectivity index (χ4n) is 0.848. The highest BCUT2D eigenvalue weighted by Gasteiger charge is 2.26. The van der Waals surface area contributed by atoms with E-state index in [4.69, 9.17) is 5.11 Å². The van der Waals surface area contributed by atoms with Crippen LogP contribution in [0.1, 0.15) is 20.3 Å². The molecule has 1 rings (SSSR count). The minimum absolute atomic E-state index is 0.583.